The van der Waals surface area contributed by atoms with Gasteiger partial charge in [-0.15, -0.1) is 0 Å². The topological polar surface area (TPSA) is 84.2 Å². The van der Waals surface area contributed by atoms with Crippen LogP contribution in [0.2, 0.25) is 0 Å². The van der Waals surface area contributed by atoms with Crippen molar-refractivity contribution in [3.05, 3.63) is 25.6 Å². The van der Waals surface area contributed by atoms with E-state index in [9.17, 15) is 9.59 Å². The molecule has 3 amide bonds. The van der Waals surface area contributed by atoms with E-state index < -0.39 is 11.9 Å². The fraction of sp³-hybridized carbons (Fsp3) is 0.111. The van der Waals surface area contributed by atoms with E-state index in [0.29, 0.717) is 5.69 Å². The van der Waals surface area contributed by atoms with Crippen LogP contribution in [0.25, 0.3) is 0 Å². The van der Waals surface area contributed by atoms with Gasteiger partial charge >= 0.3 is 6.03 Å². The summed E-state index contributed by atoms with van der Waals surface area (Å²) in [5.41, 5.74) is 5.53. The van der Waals surface area contributed by atoms with Crippen LogP contribution in [0.15, 0.2) is 25.6 Å². The van der Waals surface area contributed by atoms with Gasteiger partial charge in [0.15, 0.2) is 0 Å². The average molecular weight is 430 g/mol. The van der Waals surface area contributed by atoms with Crippen molar-refractivity contribution in [3.8, 4) is 0 Å². The summed E-state index contributed by atoms with van der Waals surface area (Å²) in [6.07, 6.45) is 0. The normalized spacial score (nSPS) is 9.82. The quantitative estimate of drug-likeness (QED) is 0.690. The summed E-state index contributed by atoms with van der Waals surface area (Å²) >= 11 is 10.0. The van der Waals surface area contributed by atoms with E-state index in [1.807, 2.05) is 17.4 Å². The molecule has 1 aromatic rings. The minimum Gasteiger partial charge on any atom is -0.374 e. The van der Waals surface area contributed by atoms with Gasteiger partial charge in [0.2, 0.25) is 5.91 Å². The molecule has 0 bridgehead atoms. The van der Waals surface area contributed by atoms with Crippen molar-refractivity contribution in [2.24, 2.45) is 5.73 Å². The zero-order valence-electron chi connectivity index (χ0n) is 8.39. The summed E-state index contributed by atoms with van der Waals surface area (Å²) in [6, 6.07) is 2.80. The van der Waals surface area contributed by atoms with Crippen LogP contribution in [0.3, 0.4) is 0 Å². The Morgan fingerprint density at radius 3 is 2.18 bits per heavy atom. The third kappa shape index (κ3) is 4.64. The van der Waals surface area contributed by atoms with Gasteiger partial charge < -0.3 is 11.1 Å². The standard InChI is InChI=1S/C9H8Br3N3O2/c10-4-1-5(11)8(6(12)2-4)14-3-7(16)15-9(13)17/h1-2,14H,3H2,(H3,13,15,16,17). The predicted octanol–water partition coefficient (Wildman–Crippen LogP) is 2.58. The molecule has 0 aromatic heterocycles. The minimum absolute atomic E-state index is 0.0538. The van der Waals surface area contributed by atoms with Crippen molar-refractivity contribution in [1.82, 2.24) is 5.32 Å². The molecule has 0 fully saturated rings. The average Bonchev–Trinajstić information content (AvgIpc) is 2.14. The second kappa shape index (κ2) is 6.36. The molecule has 5 nitrogen and oxygen atoms in total. The number of amides is 3. The van der Waals surface area contributed by atoms with Gasteiger partial charge in [-0.05, 0) is 44.0 Å². The van der Waals surface area contributed by atoms with E-state index >= 15 is 0 Å². The molecule has 0 spiro atoms. The summed E-state index contributed by atoms with van der Waals surface area (Å²) in [4.78, 5) is 21.6. The van der Waals surface area contributed by atoms with Crippen LogP contribution >= 0.6 is 47.8 Å². The summed E-state index contributed by atoms with van der Waals surface area (Å²) in [5.74, 6) is -0.501. The zero-order valence-corrected chi connectivity index (χ0v) is 13.1. The number of anilines is 1. The van der Waals surface area contributed by atoms with E-state index in [2.05, 4.69) is 53.1 Å². The van der Waals surface area contributed by atoms with Crippen molar-refractivity contribution >= 4 is 65.4 Å². The zero-order chi connectivity index (χ0) is 13.0. The molecule has 0 saturated heterocycles. The fourth-order valence-electron chi connectivity index (χ4n) is 1.06. The highest BCUT2D eigenvalue weighted by Gasteiger charge is 2.09. The van der Waals surface area contributed by atoms with Crippen molar-refractivity contribution in [3.63, 3.8) is 0 Å². The Balaban J connectivity index is 2.70. The lowest BCUT2D eigenvalue weighted by molar-refractivity contribution is -0.118. The Labute approximate surface area is 123 Å². The first kappa shape index (κ1) is 14.5. The van der Waals surface area contributed by atoms with Crippen LogP contribution in [0.4, 0.5) is 10.5 Å². The van der Waals surface area contributed by atoms with Gasteiger partial charge in [-0.3, -0.25) is 10.1 Å². The summed E-state index contributed by atoms with van der Waals surface area (Å²) in [7, 11) is 0. The van der Waals surface area contributed by atoms with E-state index in [0.717, 1.165) is 13.4 Å². The maximum Gasteiger partial charge on any atom is 0.318 e. The summed E-state index contributed by atoms with van der Waals surface area (Å²) < 4.78 is 2.46. The Kier molecular flexibility index (Phi) is 5.41. The first-order chi connectivity index (χ1) is 7.90. The van der Waals surface area contributed by atoms with Crippen molar-refractivity contribution in [1.29, 1.82) is 0 Å². The van der Waals surface area contributed by atoms with Crippen LogP contribution in [-0.4, -0.2) is 18.5 Å². The van der Waals surface area contributed by atoms with Crippen molar-refractivity contribution in [2.75, 3.05) is 11.9 Å². The van der Waals surface area contributed by atoms with Gasteiger partial charge in [0, 0.05) is 13.4 Å². The minimum atomic E-state index is -0.870. The smallest absolute Gasteiger partial charge is 0.318 e. The van der Waals surface area contributed by atoms with E-state index in [1.165, 1.54) is 0 Å². The summed E-state index contributed by atoms with van der Waals surface area (Å²) in [6.45, 7) is -0.0538. The number of benzene rings is 1. The molecule has 1 rings (SSSR count). The number of hydrogen-bond acceptors (Lipinski definition) is 3. The number of imide groups is 1. The fourth-order valence-corrected chi connectivity index (χ4v) is 3.60. The molecule has 0 heterocycles. The summed E-state index contributed by atoms with van der Waals surface area (Å²) in [5, 5.41) is 4.84. The first-order valence-corrected chi connectivity index (χ1v) is 6.75. The Morgan fingerprint density at radius 2 is 1.71 bits per heavy atom. The Bertz CT molecular complexity index is 442. The highest BCUT2D eigenvalue weighted by molar-refractivity contribution is 9.11. The van der Waals surface area contributed by atoms with Gasteiger partial charge in [-0.25, -0.2) is 4.79 Å². The number of halogens is 3. The van der Waals surface area contributed by atoms with Crippen molar-refractivity contribution < 1.29 is 9.59 Å². The second-order valence-electron chi connectivity index (χ2n) is 3.01. The molecule has 0 aliphatic carbocycles. The lowest BCUT2D eigenvalue weighted by Gasteiger charge is -2.10. The predicted molar refractivity (Wildman–Crippen MR) is 75.8 cm³/mol. The van der Waals surface area contributed by atoms with Gasteiger partial charge in [0.25, 0.3) is 0 Å². The Morgan fingerprint density at radius 1 is 1.18 bits per heavy atom. The largest absolute Gasteiger partial charge is 0.374 e. The number of rotatable bonds is 3. The highest BCUT2D eigenvalue weighted by Crippen LogP contribution is 2.34. The molecule has 8 heteroatoms. The molecule has 0 unspecified atom stereocenters. The van der Waals surface area contributed by atoms with Gasteiger partial charge in [0.05, 0.1) is 12.2 Å². The lowest BCUT2D eigenvalue weighted by atomic mass is 10.3. The molecule has 0 radical (unpaired) electrons. The number of carbonyl (C=O) groups is 2. The molecular formula is C9H8Br3N3O2. The van der Waals surface area contributed by atoms with E-state index in [-0.39, 0.29) is 6.54 Å². The monoisotopic (exact) mass is 427 g/mol. The number of nitrogens with two attached hydrogens (primary N) is 1. The van der Waals surface area contributed by atoms with E-state index in [1.54, 1.807) is 0 Å². The van der Waals surface area contributed by atoms with Gasteiger partial charge in [0.1, 0.15) is 0 Å². The molecule has 0 saturated carbocycles. The molecule has 17 heavy (non-hydrogen) atoms. The highest BCUT2D eigenvalue weighted by atomic mass is 79.9. The van der Waals surface area contributed by atoms with Crippen LogP contribution in [0, 0.1) is 0 Å². The van der Waals surface area contributed by atoms with Gasteiger partial charge in [-0.2, -0.15) is 0 Å². The van der Waals surface area contributed by atoms with Crippen LogP contribution in [0.5, 0.6) is 0 Å². The first-order valence-electron chi connectivity index (χ1n) is 4.38. The van der Waals surface area contributed by atoms with Crippen LogP contribution < -0.4 is 16.4 Å². The van der Waals surface area contributed by atoms with E-state index in [4.69, 9.17) is 5.73 Å². The molecule has 0 aliphatic heterocycles. The number of urea groups is 1. The van der Waals surface area contributed by atoms with Crippen LogP contribution in [-0.2, 0) is 4.79 Å². The molecule has 0 atom stereocenters. The number of carbonyl (C=O) groups excluding carboxylic acids is 2. The molecule has 92 valence electrons. The Hall–Kier alpha value is -0.600. The lowest BCUT2D eigenvalue weighted by Crippen LogP contribution is -2.38. The third-order valence-electron chi connectivity index (χ3n) is 1.70. The maximum atomic E-state index is 11.2. The van der Waals surface area contributed by atoms with Gasteiger partial charge in [-0.1, -0.05) is 15.9 Å². The maximum absolute atomic E-state index is 11.2. The second-order valence-corrected chi connectivity index (χ2v) is 5.63. The van der Waals surface area contributed by atoms with Crippen molar-refractivity contribution in [2.45, 2.75) is 0 Å². The number of primary amides is 1. The molecular weight excluding hydrogens is 422 g/mol. The third-order valence-corrected chi connectivity index (χ3v) is 3.40. The number of hydrogen-bond donors (Lipinski definition) is 3. The van der Waals surface area contributed by atoms with Crippen LogP contribution in [0.1, 0.15) is 0 Å². The molecule has 0 aliphatic rings. The number of nitrogens with one attached hydrogen (secondary N) is 2. The molecule has 1 aromatic carbocycles. The molecule has 4 N–H and O–H groups in total. The SMILES string of the molecule is NC(=O)NC(=O)CNc1c(Br)cc(Br)cc1Br.